The molecular formula is C14H21FN2OS. The van der Waals surface area contributed by atoms with Crippen LogP contribution >= 0.6 is 12.2 Å². The summed E-state index contributed by atoms with van der Waals surface area (Å²) in [6.45, 7) is 4.18. The van der Waals surface area contributed by atoms with Gasteiger partial charge in [0.25, 0.3) is 0 Å². The van der Waals surface area contributed by atoms with Crippen LogP contribution in [0.5, 0.6) is 0 Å². The molecule has 0 fully saturated rings. The van der Waals surface area contributed by atoms with Gasteiger partial charge in [-0.2, -0.15) is 0 Å². The van der Waals surface area contributed by atoms with Gasteiger partial charge >= 0.3 is 0 Å². The SMILES string of the molecule is COCCCNC(=S)NCCc1ccc(F)cc1C. The molecule has 0 saturated carbocycles. The lowest BCUT2D eigenvalue weighted by Crippen LogP contribution is -2.37. The molecule has 0 aliphatic rings. The summed E-state index contributed by atoms with van der Waals surface area (Å²) in [6, 6.07) is 4.86. The van der Waals surface area contributed by atoms with Gasteiger partial charge in [0, 0.05) is 26.8 Å². The van der Waals surface area contributed by atoms with Gasteiger partial charge in [0.1, 0.15) is 5.82 Å². The predicted molar refractivity (Wildman–Crippen MR) is 79.9 cm³/mol. The van der Waals surface area contributed by atoms with Crippen molar-refractivity contribution in [3.05, 3.63) is 35.1 Å². The summed E-state index contributed by atoms with van der Waals surface area (Å²) in [7, 11) is 1.68. The van der Waals surface area contributed by atoms with Crippen LogP contribution in [0.2, 0.25) is 0 Å². The van der Waals surface area contributed by atoms with E-state index in [4.69, 9.17) is 17.0 Å². The van der Waals surface area contributed by atoms with Crippen LogP contribution in [0.3, 0.4) is 0 Å². The Kier molecular flexibility index (Phi) is 7.36. The van der Waals surface area contributed by atoms with Crippen molar-refractivity contribution in [2.45, 2.75) is 19.8 Å². The summed E-state index contributed by atoms with van der Waals surface area (Å²) in [5.74, 6) is -0.190. The number of methoxy groups -OCH3 is 1. The Labute approximate surface area is 119 Å². The molecule has 19 heavy (non-hydrogen) atoms. The first-order valence-electron chi connectivity index (χ1n) is 6.39. The zero-order valence-corrected chi connectivity index (χ0v) is 12.3. The highest BCUT2D eigenvalue weighted by Gasteiger charge is 2.00. The lowest BCUT2D eigenvalue weighted by Gasteiger charge is -2.11. The first-order valence-corrected chi connectivity index (χ1v) is 6.80. The number of hydrogen-bond acceptors (Lipinski definition) is 2. The van der Waals surface area contributed by atoms with Crippen LogP contribution in [0.15, 0.2) is 18.2 Å². The average molecular weight is 284 g/mol. The van der Waals surface area contributed by atoms with Crippen molar-refractivity contribution >= 4 is 17.3 Å². The molecule has 2 N–H and O–H groups in total. The third-order valence-electron chi connectivity index (χ3n) is 2.80. The lowest BCUT2D eigenvalue weighted by atomic mass is 10.1. The van der Waals surface area contributed by atoms with E-state index in [0.717, 1.165) is 43.7 Å². The average Bonchev–Trinajstić information content (AvgIpc) is 2.37. The van der Waals surface area contributed by atoms with E-state index in [1.807, 2.05) is 13.0 Å². The van der Waals surface area contributed by atoms with Crippen LogP contribution in [0.1, 0.15) is 17.5 Å². The Morgan fingerprint density at radius 2 is 2.05 bits per heavy atom. The van der Waals surface area contributed by atoms with Gasteiger partial charge in [-0.3, -0.25) is 0 Å². The summed E-state index contributed by atoms with van der Waals surface area (Å²) < 4.78 is 17.9. The van der Waals surface area contributed by atoms with Crippen LogP contribution in [-0.4, -0.2) is 31.9 Å². The van der Waals surface area contributed by atoms with Crippen LogP contribution in [0.25, 0.3) is 0 Å². The highest BCUT2D eigenvalue weighted by Crippen LogP contribution is 2.10. The van der Waals surface area contributed by atoms with E-state index in [9.17, 15) is 4.39 Å². The molecule has 0 atom stereocenters. The zero-order chi connectivity index (χ0) is 14.1. The Morgan fingerprint density at radius 3 is 2.74 bits per heavy atom. The van der Waals surface area contributed by atoms with Crippen molar-refractivity contribution in [1.29, 1.82) is 0 Å². The third-order valence-corrected chi connectivity index (χ3v) is 3.08. The number of hydrogen-bond donors (Lipinski definition) is 2. The van der Waals surface area contributed by atoms with Gasteiger partial charge in [-0.1, -0.05) is 6.07 Å². The molecular weight excluding hydrogens is 263 g/mol. The number of benzene rings is 1. The molecule has 0 saturated heterocycles. The van der Waals surface area contributed by atoms with Gasteiger partial charge < -0.3 is 15.4 Å². The highest BCUT2D eigenvalue weighted by molar-refractivity contribution is 7.80. The van der Waals surface area contributed by atoms with Crippen molar-refractivity contribution in [2.24, 2.45) is 0 Å². The van der Waals surface area contributed by atoms with Gasteiger partial charge in [0.15, 0.2) is 5.11 Å². The first-order chi connectivity index (χ1) is 9.13. The van der Waals surface area contributed by atoms with Gasteiger partial charge in [0.2, 0.25) is 0 Å². The number of rotatable bonds is 7. The number of nitrogens with one attached hydrogen (secondary N) is 2. The fourth-order valence-electron chi connectivity index (χ4n) is 1.73. The Morgan fingerprint density at radius 1 is 1.32 bits per heavy atom. The van der Waals surface area contributed by atoms with Crippen LogP contribution in [0.4, 0.5) is 4.39 Å². The van der Waals surface area contributed by atoms with Crippen LogP contribution < -0.4 is 10.6 Å². The molecule has 0 unspecified atom stereocenters. The number of halogens is 1. The fourth-order valence-corrected chi connectivity index (χ4v) is 1.94. The van der Waals surface area contributed by atoms with E-state index < -0.39 is 0 Å². The highest BCUT2D eigenvalue weighted by atomic mass is 32.1. The Balaban J connectivity index is 2.20. The van der Waals surface area contributed by atoms with E-state index in [0.29, 0.717) is 5.11 Å². The van der Waals surface area contributed by atoms with Gasteiger partial charge in [-0.25, -0.2) is 4.39 Å². The van der Waals surface area contributed by atoms with Gasteiger partial charge in [-0.05, 0) is 55.2 Å². The summed E-state index contributed by atoms with van der Waals surface area (Å²) >= 11 is 5.15. The molecule has 0 aliphatic carbocycles. The number of aryl methyl sites for hydroxylation is 1. The second kappa shape index (κ2) is 8.82. The second-order valence-corrected chi connectivity index (χ2v) is 4.76. The minimum absolute atomic E-state index is 0.190. The Hall–Kier alpha value is -1.20. The molecule has 1 rings (SSSR count). The summed E-state index contributed by atoms with van der Waals surface area (Å²) in [6.07, 6.45) is 1.75. The summed E-state index contributed by atoms with van der Waals surface area (Å²) in [5.41, 5.74) is 2.11. The minimum atomic E-state index is -0.190. The van der Waals surface area contributed by atoms with Crippen molar-refractivity contribution < 1.29 is 9.13 Å². The molecule has 0 heterocycles. The molecule has 3 nitrogen and oxygen atoms in total. The topological polar surface area (TPSA) is 33.3 Å². The second-order valence-electron chi connectivity index (χ2n) is 4.35. The normalized spacial score (nSPS) is 10.3. The molecule has 1 aromatic carbocycles. The lowest BCUT2D eigenvalue weighted by molar-refractivity contribution is 0.195. The van der Waals surface area contributed by atoms with E-state index in [1.165, 1.54) is 6.07 Å². The summed E-state index contributed by atoms with van der Waals surface area (Å²) in [5, 5.41) is 6.89. The van der Waals surface area contributed by atoms with Crippen LogP contribution in [-0.2, 0) is 11.2 Å². The molecule has 0 spiro atoms. The molecule has 0 aromatic heterocycles. The monoisotopic (exact) mass is 284 g/mol. The fraction of sp³-hybridized carbons (Fsp3) is 0.500. The molecule has 5 heteroatoms. The van der Waals surface area contributed by atoms with Crippen molar-refractivity contribution in [3.8, 4) is 0 Å². The van der Waals surface area contributed by atoms with E-state index in [2.05, 4.69) is 10.6 Å². The van der Waals surface area contributed by atoms with E-state index in [-0.39, 0.29) is 5.82 Å². The molecule has 1 aromatic rings. The maximum Gasteiger partial charge on any atom is 0.166 e. The molecule has 0 aliphatic heterocycles. The third kappa shape index (κ3) is 6.50. The smallest absolute Gasteiger partial charge is 0.166 e. The standard InChI is InChI=1S/C14H21FN2OS/c1-11-10-13(15)5-4-12(11)6-8-17-14(19)16-7-3-9-18-2/h4-5,10H,3,6-9H2,1-2H3,(H2,16,17,19). The van der Waals surface area contributed by atoms with Crippen LogP contribution in [0, 0.1) is 12.7 Å². The van der Waals surface area contributed by atoms with Gasteiger partial charge in [0.05, 0.1) is 0 Å². The first kappa shape index (κ1) is 15.9. The maximum absolute atomic E-state index is 12.9. The van der Waals surface area contributed by atoms with Crippen molar-refractivity contribution in [2.75, 3.05) is 26.8 Å². The Bertz CT molecular complexity index is 412. The van der Waals surface area contributed by atoms with E-state index >= 15 is 0 Å². The van der Waals surface area contributed by atoms with Crippen molar-refractivity contribution in [3.63, 3.8) is 0 Å². The minimum Gasteiger partial charge on any atom is -0.385 e. The van der Waals surface area contributed by atoms with Gasteiger partial charge in [-0.15, -0.1) is 0 Å². The molecule has 0 amide bonds. The molecule has 0 bridgehead atoms. The van der Waals surface area contributed by atoms with Crippen molar-refractivity contribution in [1.82, 2.24) is 10.6 Å². The molecule has 106 valence electrons. The number of ether oxygens (including phenoxy) is 1. The zero-order valence-electron chi connectivity index (χ0n) is 11.5. The van der Waals surface area contributed by atoms with E-state index in [1.54, 1.807) is 13.2 Å². The predicted octanol–water partition coefficient (Wildman–Crippen LogP) is 2.18. The summed E-state index contributed by atoms with van der Waals surface area (Å²) in [4.78, 5) is 0. The molecule has 0 radical (unpaired) electrons. The quantitative estimate of drug-likeness (QED) is 0.594. The maximum atomic E-state index is 12.9. The number of thiocarbonyl (C=S) groups is 1. The largest absolute Gasteiger partial charge is 0.385 e.